The molecule has 5 nitrogen and oxygen atoms in total. The summed E-state index contributed by atoms with van der Waals surface area (Å²) >= 11 is 5.78. The summed E-state index contributed by atoms with van der Waals surface area (Å²) in [5.74, 6) is 0.137. The van der Waals surface area contributed by atoms with Crippen LogP contribution in [0.3, 0.4) is 0 Å². The zero-order valence-electron chi connectivity index (χ0n) is 13.2. The summed E-state index contributed by atoms with van der Waals surface area (Å²) in [7, 11) is -8.06. The van der Waals surface area contributed by atoms with Crippen molar-refractivity contribution in [2.24, 2.45) is 0 Å². The van der Waals surface area contributed by atoms with Gasteiger partial charge in [-0.3, -0.25) is 0 Å². The van der Waals surface area contributed by atoms with Crippen molar-refractivity contribution in [3.63, 3.8) is 0 Å². The Morgan fingerprint density at radius 2 is 1.27 bits per heavy atom. The van der Waals surface area contributed by atoms with Crippen LogP contribution in [-0.4, -0.2) is 16.8 Å². The smallest absolute Gasteiger partial charge is 0.339 e. The monoisotopic (exact) mass is 408 g/mol. The summed E-state index contributed by atoms with van der Waals surface area (Å²) in [5.41, 5.74) is 0. The van der Waals surface area contributed by atoms with E-state index in [4.69, 9.17) is 15.8 Å². The highest BCUT2D eigenvalue weighted by atomic mass is 35.5. The van der Waals surface area contributed by atoms with E-state index in [1.807, 2.05) is 0 Å². The number of para-hydroxylation sites is 1. The van der Waals surface area contributed by atoms with Crippen LogP contribution in [0.25, 0.3) is 0 Å². The Balaban J connectivity index is 1.99. The second kappa shape index (κ2) is 7.11. The molecule has 0 spiro atoms. The molecule has 0 saturated heterocycles. The minimum atomic E-state index is -4.17. The lowest BCUT2D eigenvalue weighted by molar-refractivity contribution is 0.486. The predicted octanol–water partition coefficient (Wildman–Crippen LogP) is 3.94. The molecule has 0 aliphatic heterocycles. The third-order valence-electron chi connectivity index (χ3n) is 3.48. The van der Waals surface area contributed by atoms with Crippen molar-refractivity contribution in [3.8, 4) is 5.75 Å². The normalized spacial score (nSPS) is 11.9. The van der Waals surface area contributed by atoms with Crippen molar-refractivity contribution in [1.29, 1.82) is 0 Å². The van der Waals surface area contributed by atoms with Crippen molar-refractivity contribution in [2.75, 3.05) is 0 Å². The molecule has 0 amide bonds. The molecule has 0 aliphatic rings. The third kappa shape index (κ3) is 3.90. The summed E-state index contributed by atoms with van der Waals surface area (Å²) in [6.07, 6.45) is 0. The van der Waals surface area contributed by atoms with Gasteiger partial charge in [0.05, 0.1) is 9.79 Å². The van der Waals surface area contributed by atoms with Crippen LogP contribution in [0.5, 0.6) is 5.75 Å². The Labute approximate surface area is 156 Å². The molecule has 3 aromatic rings. The third-order valence-corrected chi connectivity index (χ3v) is 6.74. The van der Waals surface area contributed by atoms with Gasteiger partial charge in [0.2, 0.25) is 9.84 Å². The van der Waals surface area contributed by atoms with Gasteiger partial charge < -0.3 is 4.18 Å². The molecule has 134 valence electrons. The Kier molecular flexibility index (Phi) is 5.04. The molecule has 0 N–H and O–H groups in total. The fraction of sp³-hybridized carbons (Fsp3) is 0. The number of hydrogen-bond acceptors (Lipinski definition) is 5. The van der Waals surface area contributed by atoms with Gasteiger partial charge in [0.1, 0.15) is 10.6 Å². The van der Waals surface area contributed by atoms with E-state index in [0.717, 1.165) is 6.07 Å². The van der Waals surface area contributed by atoms with Crippen LogP contribution >= 0.6 is 11.6 Å². The molecule has 3 rings (SSSR count). The molecule has 0 saturated carbocycles. The quantitative estimate of drug-likeness (QED) is 0.597. The van der Waals surface area contributed by atoms with E-state index in [1.54, 1.807) is 18.2 Å². The molecular formula is C18H13ClO5S2. The lowest BCUT2D eigenvalue weighted by atomic mass is 10.3. The first-order chi connectivity index (χ1) is 12.3. The lowest BCUT2D eigenvalue weighted by Crippen LogP contribution is -2.11. The standard InChI is InChI=1S/C18H13ClO5S2/c19-14-9-11-16(12-10-14)25(20,21)17-7-4-8-18(13-17)26(22,23)24-15-5-2-1-3-6-15/h1-13H. The van der Waals surface area contributed by atoms with E-state index < -0.39 is 20.0 Å². The maximum Gasteiger partial charge on any atom is 0.339 e. The van der Waals surface area contributed by atoms with Gasteiger partial charge >= 0.3 is 10.1 Å². The Morgan fingerprint density at radius 1 is 0.654 bits per heavy atom. The summed E-state index contributed by atoms with van der Waals surface area (Å²) in [4.78, 5) is -0.394. The van der Waals surface area contributed by atoms with Gasteiger partial charge in [0, 0.05) is 5.02 Å². The molecule has 0 bridgehead atoms. The van der Waals surface area contributed by atoms with Crippen LogP contribution in [0.2, 0.25) is 5.02 Å². The van der Waals surface area contributed by atoms with Gasteiger partial charge in [0.25, 0.3) is 0 Å². The fourth-order valence-corrected chi connectivity index (χ4v) is 4.68. The Morgan fingerprint density at radius 3 is 1.92 bits per heavy atom. The van der Waals surface area contributed by atoms with Gasteiger partial charge in [-0.2, -0.15) is 8.42 Å². The highest BCUT2D eigenvalue weighted by Gasteiger charge is 2.22. The van der Waals surface area contributed by atoms with E-state index >= 15 is 0 Å². The number of rotatable bonds is 5. The maximum atomic E-state index is 12.7. The fourth-order valence-electron chi connectivity index (χ4n) is 2.20. The van der Waals surface area contributed by atoms with E-state index in [0.29, 0.717) is 5.02 Å². The molecule has 8 heteroatoms. The maximum absolute atomic E-state index is 12.7. The van der Waals surface area contributed by atoms with Crippen molar-refractivity contribution in [2.45, 2.75) is 14.7 Å². The van der Waals surface area contributed by atoms with E-state index in [2.05, 4.69) is 0 Å². The van der Waals surface area contributed by atoms with E-state index in [1.165, 1.54) is 54.6 Å². The molecule has 26 heavy (non-hydrogen) atoms. The average molecular weight is 409 g/mol. The predicted molar refractivity (Wildman–Crippen MR) is 97.6 cm³/mol. The van der Waals surface area contributed by atoms with Gasteiger partial charge in [-0.1, -0.05) is 35.9 Å². The summed E-state index contributed by atoms with van der Waals surface area (Å²) in [6.45, 7) is 0. The van der Waals surface area contributed by atoms with Gasteiger partial charge in [-0.05, 0) is 54.6 Å². The molecule has 0 heterocycles. The number of halogens is 1. The first-order valence-electron chi connectivity index (χ1n) is 7.39. The number of benzene rings is 3. The van der Waals surface area contributed by atoms with Crippen molar-refractivity contribution in [1.82, 2.24) is 0 Å². The largest absolute Gasteiger partial charge is 0.379 e. The van der Waals surface area contributed by atoms with Gasteiger partial charge in [0.15, 0.2) is 0 Å². The minimum Gasteiger partial charge on any atom is -0.379 e. The van der Waals surface area contributed by atoms with Crippen molar-refractivity contribution < 1.29 is 21.0 Å². The van der Waals surface area contributed by atoms with Crippen LogP contribution < -0.4 is 4.18 Å². The zero-order chi connectivity index (χ0) is 18.8. The van der Waals surface area contributed by atoms with Crippen molar-refractivity contribution >= 4 is 31.6 Å². The Bertz CT molecular complexity index is 1120. The topological polar surface area (TPSA) is 77.5 Å². The highest BCUT2D eigenvalue weighted by molar-refractivity contribution is 7.91. The Hall–Kier alpha value is -2.35. The van der Waals surface area contributed by atoms with Crippen molar-refractivity contribution in [3.05, 3.63) is 83.9 Å². The second-order valence-electron chi connectivity index (χ2n) is 5.28. The molecule has 0 fully saturated rings. The van der Waals surface area contributed by atoms with Crippen LogP contribution in [0, 0.1) is 0 Å². The molecule has 0 aromatic heterocycles. The van der Waals surface area contributed by atoms with Gasteiger partial charge in [-0.25, -0.2) is 8.42 Å². The SMILES string of the molecule is O=S(=O)(Oc1ccccc1)c1cccc(S(=O)(=O)c2ccc(Cl)cc2)c1. The van der Waals surface area contributed by atoms with Crippen LogP contribution in [0.4, 0.5) is 0 Å². The minimum absolute atomic E-state index is 0.0143. The van der Waals surface area contributed by atoms with E-state index in [9.17, 15) is 16.8 Å². The zero-order valence-corrected chi connectivity index (χ0v) is 15.6. The van der Waals surface area contributed by atoms with Crippen LogP contribution in [0.1, 0.15) is 0 Å². The molecule has 0 atom stereocenters. The number of hydrogen-bond donors (Lipinski definition) is 0. The highest BCUT2D eigenvalue weighted by Crippen LogP contribution is 2.25. The molecule has 0 aliphatic carbocycles. The summed E-state index contributed by atoms with van der Waals surface area (Å²) in [6, 6.07) is 18.6. The lowest BCUT2D eigenvalue weighted by Gasteiger charge is -2.09. The molecule has 0 radical (unpaired) electrons. The number of sulfone groups is 1. The molecular weight excluding hydrogens is 396 g/mol. The summed E-state index contributed by atoms with van der Waals surface area (Å²) < 4.78 is 55.3. The van der Waals surface area contributed by atoms with Crippen LogP contribution in [-0.2, 0) is 20.0 Å². The first kappa shape index (κ1) is 18.4. The molecule has 0 unspecified atom stereocenters. The van der Waals surface area contributed by atoms with Crippen LogP contribution in [0.15, 0.2) is 93.5 Å². The average Bonchev–Trinajstić information content (AvgIpc) is 2.63. The van der Waals surface area contributed by atoms with Gasteiger partial charge in [-0.15, -0.1) is 0 Å². The summed E-state index contributed by atoms with van der Waals surface area (Å²) in [5, 5.41) is 0.400. The molecule has 3 aromatic carbocycles. The first-order valence-corrected chi connectivity index (χ1v) is 10.7. The second-order valence-corrected chi connectivity index (χ2v) is 9.22. The van der Waals surface area contributed by atoms with E-state index in [-0.39, 0.29) is 20.4 Å².